The van der Waals surface area contributed by atoms with E-state index in [9.17, 15) is 0 Å². The zero-order valence-corrected chi connectivity index (χ0v) is 16.8. The molecule has 1 fully saturated rings. The van der Waals surface area contributed by atoms with Gasteiger partial charge in [0.05, 0.1) is 0 Å². The van der Waals surface area contributed by atoms with E-state index >= 15 is 0 Å². The van der Waals surface area contributed by atoms with Gasteiger partial charge in [-0.1, -0.05) is 0 Å². The Bertz CT molecular complexity index is 272. The van der Waals surface area contributed by atoms with Crippen molar-refractivity contribution in [1.29, 1.82) is 0 Å². The maximum atomic E-state index is 5.65. The van der Waals surface area contributed by atoms with Crippen LogP contribution in [0.25, 0.3) is 0 Å². The molecule has 8 nitrogen and oxygen atoms in total. The predicted molar refractivity (Wildman–Crippen MR) is 112 cm³/mol. The first-order valence-corrected chi connectivity index (χ1v) is 10.5. The molecular weight excluding hydrogens is 328 g/mol. The summed E-state index contributed by atoms with van der Waals surface area (Å²) in [6.45, 7) is 16.2. The first kappa shape index (κ1) is 23.7. The van der Waals surface area contributed by atoms with Crippen LogP contribution in [0.1, 0.15) is 12.8 Å². The second kappa shape index (κ2) is 18.1. The van der Waals surface area contributed by atoms with Crippen molar-refractivity contribution in [3.8, 4) is 0 Å². The summed E-state index contributed by atoms with van der Waals surface area (Å²) in [6.07, 6.45) is 2.41. The Balaban J connectivity index is 2.17. The molecule has 156 valence electrons. The molecule has 1 rings (SSSR count). The SMILES string of the molecule is NCCN(CCN)CCNCCN1CCCNCCNCCCNCC1. The summed E-state index contributed by atoms with van der Waals surface area (Å²) in [7, 11) is 0. The molecule has 1 aliphatic heterocycles. The summed E-state index contributed by atoms with van der Waals surface area (Å²) >= 11 is 0. The van der Waals surface area contributed by atoms with Gasteiger partial charge in [-0.05, 0) is 39.0 Å². The maximum Gasteiger partial charge on any atom is 0.0108 e. The highest BCUT2D eigenvalue weighted by atomic mass is 15.2. The summed E-state index contributed by atoms with van der Waals surface area (Å²) in [5.74, 6) is 0. The molecule has 0 aliphatic carbocycles. The van der Waals surface area contributed by atoms with Gasteiger partial charge < -0.3 is 37.6 Å². The Morgan fingerprint density at radius 2 is 1.38 bits per heavy atom. The van der Waals surface area contributed by atoms with E-state index in [1.165, 1.54) is 12.8 Å². The third kappa shape index (κ3) is 13.8. The normalized spacial score (nSPS) is 19.5. The summed E-state index contributed by atoms with van der Waals surface area (Å²) in [4.78, 5) is 4.91. The smallest absolute Gasteiger partial charge is 0.0108 e. The van der Waals surface area contributed by atoms with Crippen LogP contribution in [0.3, 0.4) is 0 Å². The maximum absolute atomic E-state index is 5.65. The molecule has 1 heterocycles. The average molecular weight is 373 g/mol. The number of hydrogen-bond donors (Lipinski definition) is 6. The summed E-state index contributed by atoms with van der Waals surface area (Å²) < 4.78 is 0. The fourth-order valence-electron chi connectivity index (χ4n) is 3.19. The first-order chi connectivity index (χ1) is 12.9. The minimum absolute atomic E-state index is 0.699. The summed E-state index contributed by atoms with van der Waals surface area (Å²) in [5, 5.41) is 14.1. The van der Waals surface area contributed by atoms with Gasteiger partial charge in [-0.15, -0.1) is 0 Å². The number of nitrogens with zero attached hydrogens (tertiary/aromatic N) is 2. The van der Waals surface area contributed by atoms with Gasteiger partial charge in [0.1, 0.15) is 0 Å². The molecule has 0 spiro atoms. The van der Waals surface area contributed by atoms with E-state index in [4.69, 9.17) is 11.5 Å². The summed E-state index contributed by atoms with van der Waals surface area (Å²) in [6, 6.07) is 0. The lowest BCUT2D eigenvalue weighted by Crippen LogP contribution is -2.42. The van der Waals surface area contributed by atoms with E-state index < -0.39 is 0 Å². The van der Waals surface area contributed by atoms with E-state index in [-0.39, 0.29) is 0 Å². The highest BCUT2D eigenvalue weighted by Crippen LogP contribution is 1.91. The van der Waals surface area contributed by atoms with Crippen LogP contribution < -0.4 is 32.7 Å². The van der Waals surface area contributed by atoms with Crippen molar-refractivity contribution in [1.82, 2.24) is 31.1 Å². The molecule has 1 aliphatic rings. The van der Waals surface area contributed by atoms with Crippen molar-refractivity contribution >= 4 is 0 Å². The Morgan fingerprint density at radius 3 is 2.08 bits per heavy atom. The molecule has 0 amide bonds. The monoisotopic (exact) mass is 372 g/mol. The minimum atomic E-state index is 0.699. The molecule has 0 bridgehead atoms. The predicted octanol–water partition coefficient (Wildman–Crippen LogP) is -2.34. The van der Waals surface area contributed by atoms with Gasteiger partial charge in [0, 0.05) is 78.5 Å². The van der Waals surface area contributed by atoms with Crippen LogP contribution in [-0.2, 0) is 0 Å². The van der Waals surface area contributed by atoms with Crippen molar-refractivity contribution in [2.75, 3.05) is 105 Å². The molecule has 0 aromatic heterocycles. The lowest BCUT2D eigenvalue weighted by atomic mass is 10.3. The molecule has 0 aromatic rings. The van der Waals surface area contributed by atoms with Gasteiger partial charge in [-0.25, -0.2) is 0 Å². The van der Waals surface area contributed by atoms with E-state index in [2.05, 4.69) is 31.1 Å². The topological polar surface area (TPSA) is 107 Å². The molecule has 0 aromatic carbocycles. The molecule has 26 heavy (non-hydrogen) atoms. The largest absolute Gasteiger partial charge is 0.329 e. The number of rotatable bonds is 10. The molecule has 0 saturated carbocycles. The molecule has 8 heteroatoms. The fourth-order valence-corrected chi connectivity index (χ4v) is 3.19. The molecule has 1 saturated heterocycles. The lowest BCUT2D eigenvalue weighted by Gasteiger charge is -2.24. The zero-order valence-electron chi connectivity index (χ0n) is 16.8. The quantitative estimate of drug-likeness (QED) is 0.237. The molecule has 8 N–H and O–H groups in total. The van der Waals surface area contributed by atoms with Crippen molar-refractivity contribution in [3.05, 3.63) is 0 Å². The highest BCUT2D eigenvalue weighted by molar-refractivity contribution is 4.66. The van der Waals surface area contributed by atoms with Crippen LogP contribution in [0, 0.1) is 0 Å². The Morgan fingerprint density at radius 1 is 0.731 bits per heavy atom. The van der Waals surface area contributed by atoms with Crippen LogP contribution in [0.15, 0.2) is 0 Å². The number of nitrogens with one attached hydrogen (secondary N) is 4. The van der Waals surface area contributed by atoms with Gasteiger partial charge in [0.2, 0.25) is 0 Å². The Hall–Kier alpha value is -0.320. The van der Waals surface area contributed by atoms with E-state index in [1.807, 2.05) is 0 Å². The third-order valence-electron chi connectivity index (χ3n) is 4.72. The van der Waals surface area contributed by atoms with Crippen LogP contribution in [0.5, 0.6) is 0 Å². The minimum Gasteiger partial charge on any atom is -0.329 e. The zero-order chi connectivity index (χ0) is 18.7. The fraction of sp³-hybridized carbons (Fsp3) is 1.00. The molecule has 0 atom stereocenters. The van der Waals surface area contributed by atoms with E-state index in [1.54, 1.807) is 0 Å². The highest BCUT2D eigenvalue weighted by Gasteiger charge is 2.06. The average Bonchev–Trinajstić information content (AvgIpc) is 2.64. The van der Waals surface area contributed by atoms with Crippen LogP contribution in [0.4, 0.5) is 0 Å². The number of hydrogen-bond acceptors (Lipinski definition) is 8. The van der Waals surface area contributed by atoms with Crippen molar-refractivity contribution in [3.63, 3.8) is 0 Å². The van der Waals surface area contributed by atoms with Gasteiger partial charge in [0.25, 0.3) is 0 Å². The van der Waals surface area contributed by atoms with Crippen molar-refractivity contribution in [2.45, 2.75) is 12.8 Å². The molecule has 0 unspecified atom stereocenters. The van der Waals surface area contributed by atoms with Gasteiger partial charge in [-0.2, -0.15) is 0 Å². The Kier molecular flexibility index (Phi) is 16.5. The second-order valence-corrected chi connectivity index (χ2v) is 6.97. The second-order valence-electron chi connectivity index (χ2n) is 6.97. The molecule has 0 radical (unpaired) electrons. The van der Waals surface area contributed by atoms with Crippen LogP contribution in [0.2, 0.25) is 0 Å². The number of nitrogens with two attached hydrogens (primary N) is 2. The van der Waals surface area contributed by atoms with E-state index in [0.29, 0.717) is 13.1 Å². The first-order valence-electron chi connectivity index (χ1n) is 10.5. The van der Waals surface area contributed by atoms with Crippen molar-refractivity contribution in [2.24, 2.45) is 11.5 Å². The molecular formula is C18H44N8. The van der Waals surface area contributed by atoms with Gasteiger partial charge in [0.15, 0.2) is 0 Å². The van der Waals surface area contributed by atoms with Crippen molar-refractivity contribution < 1.29 is 0 Å². The van der Waals surface area contributed by atoms with Gasteiger partial charge in [-0.3, -0.25) is 4.90 Å². The van der Waals surface area contributed by atoms with Crippen LogP contribution in [-0.4, -0.2) is 115 Å². The van der Waals surface area contributed by atoms with Crippen LogP contribution >= 0.6 is 0 Å². The summed E-state index contributed by atoms with van der Waals surface area (Å²) in [5.41, 5.74) is 11.3. The van der Waals surface area contributed by atoms with E-state index in [0.717, 1.165) is 91.6 Å². The third-order valence-corrected chi connectivity index (χ3v) is 4.72. The lowest BCUT2D eigenvalue weighted by molar-refractivity contribution is 0.258. The van der Waals surface area contributed by atoms with Gasteiger partial charge >= 0.3 is 0 Å². The standard InChI is InChI=1S/C18H44N8/c19-3-14-26(15-4-20)18-12-24-11-17-25-13-2-7-22-9-8-21-5-1-6-23-10-16-25/h21-24H,1-20H2. The Labute approximate surface area is 160 Å².